The molecular formula is C11H11N5. The zero-order valence-corrected chi connectivity index (χ0v) is 8.96. The lowest BCUT2D eigenvalue weighted by Gasteiger charge is -2.06. The van der Waals surface area contributed by atoms with Crippen molar-refractivity contribution in [1.82, 2.24) is 19.7 Å². The highest BCUT2D eigenvalue weighted by Crippen LogP contribution is 2.39. The second kappa shape index (κ2) is 3.27. The molecule has 0 aliphatic heterocycles. The summed E-state index contributed by atoms with van der Waals surface area (Å²) >= 11 is 0. The number of nitrogens with zero attached hydrogens (tertiary/aromatic N) is 5. The lowest BCUT2D eigenvalue weighted by atomic mass is 10.2. The van der Waals surface area contributed by atoms with Crippen LogP contribution in [0.25, 0.3) is 11.2 Å². The Hall–Kier alpha value is -1.96. The van der Waals surface area contributed by atoms with Crippen LogP contribution in [-0.4, -0.2) is 19.7 Å². The number of hydrogen-bond acceptors (Lipinski definition) is 4. The number of fused-ring (bicyclic) bond motifs is 1. The van der Waals surface area contributed by atoms with Crippen LogP contribution in [0, 0.1) is 11.3 Å². The van der Waals surface area contributed by atoms with Gasteiger partial charge in [-0.05, 0) is 25.8 Å². The monoisotopic (exact) mass is 213 g/mol. The molecule has 3 rings (SSSR count). The van der Waals surface area contributed by atoms with Crippen LogP contribution in [0.1, 0.15) is 37.5 Å². The molecule has 1 aliphatic carbocycles. The Balaban J connectivity index is 2.27. The van der Waals surface area contributed by atoms with E-state index in [0.29, 0.717) is 6.04 Å². The highest BCUT2D eigenvalue weighted by Gasteiger charge is 2.30. The van der Waals surface area contributed by atoms with Crippen molar-refractivity contribution in [2.75, 3.05) is 0 Å². The summed E-state index contributed by atoms with van der Waals surface area (Å²) in [6.45, 7) is 1.87. The van der Waals surface area contributed by atoms with E-state index in [2.05, 4.69) is 25.8 Å². The van der Waals surface area contributed by atoms with Crippen LogP contribution < -0.4 is 0 Å². The molecule has 0 radical (unpaired) electrons. The zero-order chi connectivity index (χ0) is 11.1. The minimum atomic E-state index is -0.199. The van der Waals surface area contributed by atoms with Crippen LogP contribution in [-0.2, 0) is 0 Å². The van der Waals surface area contributed by atoms with Crippen molar-refractivity contribution in [3.8, 4) is 6.07 Å². The summed E-state index contributed by atoms with van der Waals surface area (Å²) in [6.07, 6.45) is 3.92. The van der Waals surface area contributed by atoms with Crippen LogP contribution >= 0.6 is 0 Å². The zero-order valence-electron chi connectivity index (χ0n) is 8.96. The normalized spacial score (nSPS) is 17.2. The Morgan fingerprint density at radius 3 is 3.06 bits per heavy atom. The molecule has 0 saturated heterocycles. The van der Waals surface area contributed by atoms with Gasteiger partial charge in [-0.1, -0.05) is 0 Å². The van der Waals surface area contributed by atoms with Gasteiger partial charge in [0.2, 0.25) is 0 Å². The van der Waals surface area contributed by atoms with Gasteiger partial charge in [-0.15, -0.1) is 5.10 Å². The molecule has 0 aromatic carbocycles. The van der Waals surface area contributed by atoms with E-state index in [1.165, 1.54) is 0 Å². The molecule has 5 heteroatoms. The van der Waals surface area contributed by atoms with E-state index in [9.17, 15) is 0 Å². The molecule has 0 N–H and O–H groups in total. The Bertz CT molecular complexity index is 576. The van der Waals surface area contributed by atoms with Crippen molar-refractivity contribution in [2.45, 2.75) is 31.7 Å². The lowest BCUT2D eigenvalue weighted by Crippen LogP contribution is -2.05. The third kappa shape index (κ3) is 1.27. The Morgan fingerprint density at radius 2 is 2.38 bits per heavy atom. The van der Waals surface area contributed by atoms with Gasteiger partial charge in [0.25, 0.3) is 0 Å². The number of rotatable bonds is 2. The summed E-state index contributed by atoms with van der Waals surface area (Å²) in [7, 11) is 0. The lowest BCUT2D eigenvalue weighted by molar-refractivity contribution is 0.676. The van der Waals surface area contributed by atoms with E-state index >= 15 is 0 Å². The van der Waals surface area contributed by atoms with E-state index in [4.69, 9.17) is 5.26 Å². The van der Waals surface area contributed by atoms with Gasteiger partial charge in [0.05, 0.1) is 12.3 Å². The molecule has 2 aromatic heterocycles. The molecule has 1 aliphatic rings. The SMILES string of the molecule is CC(C#N)c1nc2ccnnc2n1C1CC1. The Labute approximate surface area is 92.7 Å². The fraction of sp³-hybridized carbons (Fsp3) is 0.455. The van der Waals surface area contributed by atoms with E-state index < -0.39 is 0 Å². The van der Waals surface area contributed by atoms with Gasteiger partial charge in [-0.25, -0.2) is 4.98 Å². The second-order valence-electron chi connectivity index (χ2n) is 4.16. The van der Waals surface area contributed by atoms with Crippen molar-refractivity contribution in [1.29, 1.82) is 5.26 Å². The molecular weight excluding hydrogens is 202 g/mol. The minimum Gasteiger partial charge on any atom is -0.307 e. The summed E-state index contributed by atoms with van der Waals surface area (Å²) < 4.78 is 2.08. The van der Waals surface area contributed by atoms with E-state index in [1.54, 1.807) is 6.20 Å². The summed E-state index contributed by atoms with van der Waals surface area (Å²) in [5.74, 6) is 0.621. The predicted molar refractivity (Wildman–Crippen MR) is 57.6 cm³/mol. The van der Waals surface area contributed by atoms with Gasteiger partial charge in [0.1, 0.15) is 17.3 Å². The molecule has 1 atom stereocenters. The molecule has 0 bridgehead atoms. The third-order valence-corrected chi connectivity index (χ3v) is 2.88. The first-order valence-corrected chi connectivity index (χ1v) is 5.40. The maximum Gasteiger partial charge on any atom is 0.182 e. The van der Waals surface area contributed by atoms with Crippen LogP contribution in [0.3, 0.4) is 0 Å². The fourth-order valence-corrected chi connectivity index (χ4v) is 1.92. The smallest absolute Gasteiger partial charge is 0.182 e. The predicted octanol–water partition coefficient (Wildman–Crippen LogP) is 1.79. The molecule has 1 unspecified atom stereocenters. The summed E-state index contributed by atoms with van der Waals surface area (Å²) in [6, 6.07) is 4.54. The average molecular weight is 213 g/mol. The average Bonchev–Trinajstić information content (AvgIpc) is 3.08. The molecule has 0 spiro atoms. The maximum absolute atomic E-state index is 9.00. The van der Waals surface area contributed by atoms with Crippen LogP contribution in [0.5, 0.6) is 0 Å². The summed E-state index contributed by atoms with van der Waals surface area (Å²) in [5.41, 5.74) is 1.64. The quantitative estimate of drug-likeness (QED) is 0.762. The number of nitriles is 1. The molecule has 1 fully saturated rings. The molecule has 16 heavy (non-hydrogen) atoms. The van der Waals surface area contributed by atoms with Gasteiger partial charge in [-0.3, -0.25) is 0 Å². The number of imidazole rings is 1. The fourth-order valence-electron chi connectivity index (χ4n) is 1.92. The van der Waals surface area contributed by atoms with Crippen LogP contribution in [0.2, 0.25) is 0 Å². The Morgan fingerprint density at radius 1 is 1.56 bits per heavy atom. The molecule has 0 amide bonds. The standard InChI is InChI=1S/C11H11N5/c1-7(6-12)10-14-9-4-5-13-15-11(9)16(10)8-2-3-8/h4-5,7-8H,2-3H2,1H3. The van der Waals surface area contributed by atoms with Crippen LogP contribution in [0.15, 0.2) is 12.3 Å². The van der Waals surface area contributed by atoms with Crippen molar-refractivity contribution >= 4 is 11.2 Å². The van der Waals surface area contributed by atoms with E-state index in [-0.39, 0.29) is 5.92 Å². The molecule has 5 nitrogen and oxygen atoms in total. The second-order valence-corrected chi connectivity index (χ2v) is 4.16. The minimum absolute atomic E-state index is 0.199. The highest BCUT2D eigenvalue weighted by atomic mass is 15.2. The van der Waals surface area contributed by atoms with Crippen LogP contribution in [0.4, 0.5) is 0 Å². The van der Waals surface area contributed by atoms with Gasteiger partial charge in [-0.2, -0.15) is 10.4 Å². The topological polar surface area (TPSA) is 67.4 Å². The molecule has 2 aromatic rings. The van der Waals surface area contributed by atoms with E-state index in [0.717, 1.165) is 29.8 Å². The molecule has 2 heterocycles. The maximum atomic E-state index is 9.00. The first-order chi connectivity index (χ1) is 7.81. The molecule has 1 saturated carbocycles. The summed E-state index contributed by atoms with van der Waals surface area (Å²) in [5, 5.41) is 17.0. The summed E-state index contributed by atoms with van der Waals surface area (Å²) in [4.78, 5) is 4.48. The van der Waals surface area contributed by atoms with Gasteiger partial charge >= 0.3 is 0 Å². The van der Waals surface area contributed by atoms with Crippen molar-refractivity contribution < 1.29 is 0 Å². The van der Waals surface area contributed by atoms with Gasteiger partial charge in [0, 0.05) is 6.04 Å². The molecule has 80 valence electrons. The first-order valence-electron chi connectivity index (χ1n) is 5.40. The number of aromatic nitrogens is 4. The third-order valence-electron chi connectivity index (χ3n) is 2.88. The van der Waals surface area contributed by atoms with Crippen molar-refractivity contribution in [3.05, 3.63) is 18.1 Å². The van der Waals surface area contributed by atoms with Gasteiger partial charge < -0.3 is 4.57 Å². The van der Waals surface area contributed by atoms with E-state index in [1.807, 2.05) is 13.0 Å². The number of hydrogen-bond donors (Lipinski definition) is 0. The van der Waals surface area contributed by atoms with Crippen molar-refractivity contribution in [2.24, 2.45) is 0 Å². The van der Waals surface area contributed by atoms with Gasteiger partial charge in [0.15, 0.2) is 5.65 Å². The largest absolute Gasteiger partial charge is 0.307 e. The highest BCUT2D eigenvalue weighted by molar-refractivity contribution is 5.71. The Kier molecular flexibility index (Phi) is 1.90. The van der Waals surface area contributed by atoms with Crippen molar-refractivity contribution in [3.63, 3.8) is 0 Å². The first kappa shape index (κ1) is 9.28.